The van der Waals surface area contributed by atoms with Gasteiger partial charge in [0, 0.05) is 13.1 Å². The number of rotatable bonds is 6. The highest BCUT2D eigenvalue weighted by atomic mass is 16.4. The molecule has 0 atom stereocenters. The SMILES string of the molecule is O=C(O)c1cnc(C(=O)NCC(=O)N2CCC(Cc3ccccc3)CC2)cn1. The Bertz CT molecular complexity index is 831. The summed E-state index contributed by atoms with van der Waals surface area (Å²) >= 11 is 0. The van der Waals surface area contributed by atoms with E-state index in [0.29, 0.717) is 19.0 Å². The maximum absolute atomic E-state index is 12.3. The lowest BCUT2D eigenvalue weighted by Crippen LogP contribution is -2.44. The fraction of sp³-hybridized carbons (Fsp3) is 0.350. The molecule has 8 heteroatoms. The van der Waals surface area contributed by atoms with Crippen LogP contribution in [0.2, 0.25) is 0 Å². The zero-order chi connectivity index (χ0) is 19.9. The smallest absolute Gasteiger partial charge is 0.356 e. The van der Waals surface area contributed by atoms with Gasteiger partial charge in [-0.25, -0.2) is 14.8 Å². The normalized spacial score (nSPS) is 14.5. The summed E-state index contributed by atoms with van der Waals surface area (Å²) in [7, 11) is 0. The van der Waals surface area contributed by atoms with Crippen LogP contribution >= 0.6 is 0 Å². The van der Waals surface area contributed by atoms with Crippen LogP contribution in [0.4, 0.5) is 0 Å². The number of hydrogen-bond donors (Lipinski definition) is 2. The van der Waals surface area contributed by atoms with Crippen LogP contribution in [0.5, 0.6) is 0 Å². The minimum atomic E-state index is -1.22. The molecule has 2 aromatic rings. The van der Waals surface area contributed by atoms with Gasteiger partial charge in [-0.3, -0.25) is 9.59 Å². The molecule has 8 nitrogen and oxygen atoms in total. The zero-order valence-corrected chi connectivity index (χ0v) is 15.4. The van der Waals surface area contributed by atoms with Crippen molar-refractivity contribution in [3.8, 4) is 0 Å². The van der Waals surface area contributed by atoms with Crippen molar-refractivity contribution in [2.24, 2.45) is 5.92 Å². The molecule has 0 aliphatic carbocycles. The van der Waals surface area contributed by atoms with Crippen LogP contribution in [0.3, 0.4) is 0 Å². The molecule has 1 aromatic heterocycles. The third-order valence-electron chi connectivity index (χ3n) is 4.84. The van der Waals surface area contributed by atoms with Crippen molar-refractivity contribution in [3.63, 3.8) is 0 Å². The van der Waals surface area contributed by atoms with Crippen molar-refractivity contribution in [2.45, 2.75) is 19.3 Å². The molecule has 1 saturated heterocycles. The molecular formula is C20H22N4O4. The molecule has 0 unspecified atom stereocenters. The molecule has 0 saturated carbocycles. The first-order chi connectivity index (χ1) is 13.5. The van der Waals surface area contributed by atoms with Gasteiger partial charge in [-0.15, -0.1) is 0 Å². The van der Waals surface area contributed by atoms with Gasteiger partial charge < -0.3 is 15.3 Å². The highest BCUT2D eigenvalue weighted by molar-refractivity contribution is 5.95. The Kier molecular flexibility index (Phi) is 6.31. The molecule has 0 radical (unpaired) electrons. The standard InChI is InChI=1S/C20H22N4O4/c25-18(13-23-19(26)16-11-22-17(12-21-16)20(27)28)24-8-6-15(7-9-24)10-14-4-2-1-3-5-14/h1-5,11-12,15H,6-10,13H2,(H,23,26)(H,27,28). The van der Waals surface area contributed by atoms with Crippen LogP contribution in [0.1, 0.15) is 39.4 Å². The van der Waals surface area contributed by atoms with Crippen LogP contribution in [0, 0.1) is 5.92 Å². The van der Waals surface area contributed by atoms with Gasteiger partial charge in [-0.1, -0.05) is 30.3 Å². The fourth-order valence-corrected chi connectivity index (χ4v) is 3.25. The lowest BCUT2D eigenvalue weighted by Gasteiger charge is -2.32. The number of amides is 2. The molecule has 146 valence electrons. The number of nitrogens with one attached hydrogen (secondary N) is 1. The molecule has 1 fully saturated rings. The third-order valence-corrected chi connectivity index (χ3v) is 4.84. The number of carboxylic acid groups (broad SMARTS) is 1. The molecule has 2 N–H and O–H groups in total. The molecular weight excluding hydrogens is 360 g/mol. The topological polar surface area (TPSA) is 112 Å². The van der Waals surface area contributed by atoms with Crippen molar-refractivity contribution in [1.82, 2.24) is 20.2 Å². The number of carbonyl (C=O) groups is 3. The van der Waals surface area contributed by atoms with E-state index in [1.165, 1.54) is 5.56 Å². The third kappa shape index (κ3) is 5.12. The highest BCUT2D eigenvalue weighted by Crippen LogP contribution is 2.21. The van der Waals surface area contributed by atoms with E-state index >= 15 is 0 Å². The van der Waals surface area contributed by atoms with E-state index in [0.717, 1.165) is 31.7 Å². The number of carbonyl (C=O) groups excluding carboxylic acids is 2. The molecule has 0 bridgehead atoms. The van der Waals surface area contributed by atoms with Gasteiger partial charge in [0.05, 0.1) is 18.9 Å². The zero-order valence-electron chi connectivity index (χ0n) is 15.4. The molecule has 28 heavy (non-hydrogen) atoms. The molecule has 2 heterocycles. The van der Waals surface area contributed by atoms with Crippen molar-refractivity contribution >= 4 is 17.8 Å². The molecule has 1 aliphatic heterocycles. The van der Waals surface area contributed by atoms with Crippen molar-refractivity contribution in [3.05, 3.63) is 59.7 Å². The Labute approximate surface area is 162 Å². The van der Waals surface area contributed by atoms with Gasteiger partial charge in [0.1, 0.15) is 5.69 Å². The van der Waals surface area contributed by atoms with E-state index < -0.39 is 11.9 Å². The van der Waals surface area contributed by atoms with E-state index in [4.69, 9.17) is 5.11 Å². The van der Waals surface area contributed by atoms with Crippen LogP contribution in [0.25, 0.3) is 0 Å². The lowest BCUT2D eigenvalue weighted by atomic mass is 9.90. The Hall–Kier alpha value is -3.29. The molecule has 1 aliphatic rings. The first-order valence-electron chi connectivity index (χ1n) is 9.18. The summed E-state index contributed by atoms with van der Waals surface area (Å²) in [4.78, 5) is 44.3. The quantitative estimate of drug-likeness (QED) is 0.781. The lowest BCUT2D eigenvalue weighted by molar-refractivity contribution is -0.131. The van der Waals surface area contributed by atoms with Crippen molar-refractivity contribution < 1.29 is 19.5 Å². The Morgan fingerprint density at radius 2 is 1.68 bits per heavy atom. The van der Waals surface area contributed by atoms with E-state index in [1.807, 2.05) is 18.2 Å². The van der Waals surface area contributed by atoms with E-state index in [9.17, 15) is 14.4 Å². The molecule has 0 spiro atoms. The second-order valence-corrected chi connectivity index (χ2v) is 6.79. The van der Waals surface area contributed by atoms with Gasteiger partial charge >= 0.3 is 5.97 Å². The van der Waals surface area contributed by atoms with Crippen molar-refractivity contribution in [2.75, 3.05) is 19.6 Å². The summed E-state index contributed by atoms with van der Waals surface area (Å²) in [6.07, 6.45) is 4.99. The Balaban J connectivity index is 1.43. The van der Waals surface area contributed by atoms with E-state index in [2.05, 4.69) is 27.4 Å². The number of aromatic nitrogens is 2. The highest BCUT2D eigenvalue weighted by Gasteiger charge is 2.23. The molecule has 1 aromatic carbocycles. The van der Waals surface area contributed by atoms with Crippen LogP contribution in [-0.4, -0.2) is 57.4 Å². The number of aromatic carboxylic acids is 1. The number of hydrogen-bond acceptors (Lipinski definition) is 5. The summed E-state index contributed by atoms with van der Waals surface area (Å²) < 4.78 is 0. The minimum Gasteiger partial charge on any atom is -0.476 e. The van der Waals surface area contributed by atoms with Crippen molar-refractivity contribution in [1.29, 1.82) is 0 Å². The predicted molar refractivity (Wildman–Crippen MR) is 101 cm³/mol. The van der Waals surface area contributed by atoms with Crippen LogP contribution in [-0.2, 0) is 11.2 Å². The van der Waals surface area contributed by atoms with E-state index in [-0.39, 0.29) is 23.8 Å². The summed E-state index contributed by atoms with van der Waals surface area (Å²) in [6, 6.07) is 10.3. The molecule has 3 rings (SSSR count). The van der Waals surface area contributed by atoms with Crippen LogP contribution < -0.4 is 5.32 Å². The predicted octanol–water partition coefficient (Wildman–Crippen LogP) is 1.39. The number of likely N-dealkylation sites (tertiary alicyclic amines) is 1. The maximum Gasteiger partial charge on any atom is 0.356 e. The second kappa shape index (κ2) is 9.07. The largest absolute Gasteiger partial charge is 0.476 e. The van der Waals surface area contributed by atoms with Crippen LogP contribution in [0.15, 0.2) is 42.7 Å². The second-order valence-electron chi connectivity index (χ2n) is 6.79. The van der Waals surface area contributed by atoms with Gasteiger partial charge in [0.2, 0.25) is 5.91 Å². The number of piperidine rings is 1. The average Bonchev–Trinajstić information content (AvgIpc) is 2.73. The molecule has 2 amide bonds. The first-order valence-corrected chi connectivity index (χ1v) is 9.18. The van der Waals surface area contributed by atoms with Gasteiger partial charge in [-0.05, 0) is 30.7 Å². The summed E-state index contributed by atoms with van der Waals surface area (Å²) in [5.41, 5.74) is 1.04. The summed E-state index contributed by atoms with van der Waals surface area (Å²) in [6.45, 7) is 1.24. The Morgan fingerprint density at radius 3 is 2.29 bits per heavy atom. The number of carboxylic acids is 1. The number of benzene rings is 1. The fourth-order valence-electron chi connectivity index (χ4n) is 3.25. The first kappa shape index (κ1) is 19.5. The maximum atomic E-state index is 12.3. The van der Waals surface area contributed by atoms with E-state index in [1.54, 1.807) is 4.90 Å². The Morgan fingerprint density at radius 1 is 1.04 bits per heavy atom. The number of nitrogens with zero attached hydrogens (tertiary/aromatic N) is 3. The summed E-state index contributed by atoms with van der Waals surface area (Å²) in [5, 5.41) is 11.3. The average molecular weight is 382 g/mol. The van der Waals surface area contributed by atoms with Gasteiger partial charge in [-0.2, -0.15) is 0 Å². The summed E-state index contributed by atoms with van der Waals surface area (Å²) in [5.74, 6) is -1.35. The van der Waals surface area contributed by atoms with Gasteiger partial charge in [0.15, 0.2) is 5.69 Å². The monoisotopic (exact) mass is 382 g/mol. The minimum absolute atomic E-state index is 0.0284. The van der Waals surface area contributed by atoms with Gasteiger partial charge in [0.25, 0.3) is 5.91 Å².